The Labute approximate surface area is 176 Å². The van der Waals surface area contributed by atoms with Gasteiger partial charge in [0.25, 0.3) is 0 Å². The molecule has 1 aromatic heterocycles. The lowest BCUT2D eigenvalue weighted by Gasteiger charge is -2.26. The lowest BCUT2D eigenvalue weighted by molar-refractivity contribution is -0.0716. The third-order valence-corrected chi connectivity index (χ3v) is 4.39. The fraction of sp³-hybridized carbons (Fsp3) is 0.700. The van der Waals surface area contributed by atoms with Crippen LogP contribution in [0.15, 0.2) is 17.1 Å². The highest BCUT2D eigenvalue weighted by Crippen LogP contribution is 2.18. The molecule has 1 heterocycles. The summed E-state index contributed by atoms with van der Waals surface area (Å²) in [5.41, 5.74) is 4.66. The fourth-order valence-corrected chi connectivity index (χ4v) is 3.01. The quantitative estimate of drug-likeness (QED) is 0.507. The number of hydrogen-bond acceptors (Lipinski definition) is 9. The van der Waals surface area contributed by atoms with E-state index in [0.717, 1.165) is 4.57 Å². The number of carbonyl (C=O) groups excluding carboxylic acids is 1. The largest absolute Gasteiger partial charge is 0.508 e. The number of rotatable bonds is 11. The molecule has 0 aromatic carbocycles. The van der Waals surface area contributed by atoms with Gasteiger partial charge in [-0.25, -0.2) is 9.59 Å². The highest BCUT2D eigenvalue weighted by atomic mass is 16.7. The maximum atomic E-state index is 12.1. The Morgan fingerprint density at radius 2 is 1.90 bits per heavy atom. The van der Waals surface area contributed by atoms with E-state index in [1.165, 1.54) is 19.4 Å². The molecule has 0 bridgehead atoms. The number of carbonyl (C=O) groups is 1. The molecule has 0 unspecified atom stereocenters. The van der Waals surface area contributed by atoms with Crippen molar-refractivity contribution in [1.82, 2.24) is 9.55 Å². The monoisotopic (exact) mass is 424 g/mol. The van der Waals surface area contributed by atoms with E-state index in [1.807, 2.05) is 33.8 Å². The van der Waals surface area contributed by atoms with Crippen LogP contribution in [0.2, 0.25) is 0 Å². The van der Waals surface area contributed by atoms with Crippen molar-refractivity contribution in [2.45, 2.75) is 64.9 Å². The Balaban J connectivity index is 2.78. The summed E-state index contributed by atoms with van der Waals surface area (Å²) >= 11 is 0. The highest BCUT2D eigenvalue weighted by molar-refractivity contribution is 5.60. The lowest BCUT2D eigenvalue weighted by Crippen LogP contribution is -2.42. The second-order valence-electron chi connectivity index (χ2n) is 7.94. The van der Waals surface area contributed by atoms with Crippen LogP contribution in [-0.2, 0) is 14.2 Å². The Hall–Kier alpha value is -2.64. The highest BCUT2D eigenvalue weighted by Gasteiger charge is 2.32. The van der Waals surface area contributed by atoms with Crippen LogP contribution in [0.3, 0.4) is 0 Å². The first-order chi connectivity index (χ1) is 14.1. The molecule has 0 fully saturated rings. The van der Waals surface area contributed by atoms with Gasteiger partial charge in [-0.2, -0.15) is 10.2 Å². The van der Waals surface area contributed by atoms with Crippen LogP contribution in [0.4, 0.5) is 10.6 Å². The average molecular weight is 424 g/mol. The predicted molar refractivity (Wildman–Crippen MR) is 109 cm³/mol. The number of hydrogen-bond donors (Lipinski definition) is 2. The zero-order chi connectivity index (χ0) is 22.8. The van der Waals surface area contributed by atoms with Crippen LogP contribution in [0, 0.1) is 23.2 Å². The number of nitrogens with two attached hydrogens (primary N) is 1. The van der Waals surface area contributed by atoms with Gasteiger partial charge < -0.3 is 25.1 Å². The van der Waals surface area contributed by atoms with Gasteiger partial charge in [0, 0.05) is 13.3 Å². The van der Waals surface area contributed by atoms with E-state index in [9.17, 15) is 20.0 Å². The Kier molecular flexibility index (Phi) is 10.3. The summed E-state index contributed by atoms with van der Waals surface area (Å²) in [6, 6.07) is 1.85. The van der Waals surface area contributed by atoms with Gasteiger partial charge in [-0.3, -0.25) is 4.57 Å². The SMILES string of the molecule is CO[C@H](COC(=O)OC(CC(C)C)CC(C)C)[C@@H](O)[C@H](C#N)n1ccc(N)nc1=O. The average Bonchev–Trinajstić information content (AvgIpc) is 2.63. The van der Waals surface area contributed by atoms with Gasteiger partial charge in [-0.1, -0.05) is 27.7 Å². The van der Waals surface area contributed by atoms with Crippen molar-refractivity contribution in [3.8, 4) is 6.07 Å². The number of aromatic nitrogens is 2. The molecule has 0 amide bonds. The molecule has 0 aliphatic carbocycles. The van der Waals surface area contributed by atoms with Crippen molar-refractivity contribution >= 4 is 12.0 Å². The summed E-state index contributed by atoms with van der Waals surface area (Å²) in [6.45, 7) is 7.79. The number of nitriles is 1. The van der Waals surface area contributed by atoms with Crippen LogP contribution >= 0.6 is 0 Å². The third-order valence-electron chi connectivity index (χ3n) is 4.39. The normalized spacial score (nSPS) is 14.4. The maximum Gasteiger partial charge on any atom is 0.508 e. The smallest absolute Gasteiger partial charge is 0.431 e. The lowest BCUT2D eigenvalue weighted by atomic mass is 9.98. The summed E-state index contributed by atoms with van der Waals surface area (Å²) in [7, 11) is 1.29. The standard InChI is InChI=1S/C20H32N4O6/c1-12(2)8-14(9-13(3)4)30-20(27)29-11-16(28-5)18(25)15(10-21)24-7-6-17(22)23-19(24)26/h6-7,12-16,18,25H,8-9,11H2,1-5H3,(H2,22,23,26)/t15-,16+,18-/m0/s1. The number of nitrogen functional groups attached to an aromatic ring is 1. The van der Waals surface area contributed by atoms with E-state index in [0.29, 0.717) is 24.7 Å². The molecular weight excluding hydrogens is 392 g/mol. The molecule has 0 saturated carbocycles. The first kappa shape index (κ1) is 25.4. The molecule has 0 aliphatic heterocycles. The van der Waals surface area contributed by atoms with Crippen molar-refractivity contribution in [2.75, 3.05) is 19.5 Å². The predicted octanol–water partition coefficient (Wildman–Crippen LogP) is 1.88. The van der Waals surface area contributed by atoms with Gasteiger partial charge in [0.05, 0.1) is 6.07 Å². The molecule has 1 aromatic rings. The number of aliphatic hydroxyl groups is 1. The fourth-order valence-electron chi connectivity index (χ4n) is 3.01. The first-order valence-corrected chi connectivity index (χ1v) is 9.87. The number of nitrogens with zero attached hydrogens (tertiary/aromatic N) is 3. The summed E-state index contributed by atoms with van der Waals surface area (Å²) in [6.07, 6.45) is -1.05. The summed E-state index contributed by atoms with van der Waals surface area (Å²) in [5, 5.41) is 20.0. The molecule has 0 saturated heterocycles. The third kappa shape index (κ3) is 8.00. The summed E-state index contributed by atoms with van der Waals surface area (Å²) < 4.78 is 16.6. The second-order valence-corrected chi connectivity index (χ2v) is 7.94. The van der Waals surface area contributed by atoms with Crippen molar-refractivity contribution < 1.29 is 24.1 Å². The molecule has 30 heavy (non-hydrogen) atoms. The van der Waals surface area contributed by atoms with Crippen LogP contribution in [-0.4, -0.2) is 52.8 Å². The Morgan fingerprint density at radius 3 is 2.37 bits per heavy atom. The molecule has 0 radical (unpaired) electrons. The zero-order valence-electron chi connectivity index (χ0n) is 18.1. The van der Waals surface area contributed by atoms with E-state index < -0.39 is 30.1 Å². The van der Waals surface area contributed by atoms with Gasteiger partial charge in [0.1, 0.15) is 30.7 Å². The van der Waals surface area contributed by atoms with Gasteiger partial charge in [-0.05, 0) is 30.7 Å². The second kappa shape index (κ2) is 12.1. The topological polar surface area (TPSA) is 150 Å². The van der Waals surface area contributed by atoms with E-state index in [2.05, 4.69) is 4.98 Å². The first-order valence-electron chi connectivity index (χ1n) is 9.87. The minimum Gasteiger partial charge on any atom is -0.431 e. The van der Waals surface area contributed by atoms with Gasteiger partial charge in [0.2, 0.25) is 0 Å². The minimum atomic E-state index is -1.47. The molecule has 10 nitrogen and oxygen atoms in total. The molecule has 1 rings (SSSR count). The van der Waals surface area contributed by atoms with Crippen molar-refractivity contribution in [3.63, 3.8) is 0 Å². The summed E-state index contributed by atoms with van der Waals surface area (Å²) in [5.74, 6) is 0.686. The maximum absolute atomic E-state index is 12.1. The van der Waals surface area contributed by atoms with Crippen LogP contribution in [0.25, 0.3) is 0 Å². The van der Waals surface area contributed by atoms with Crippen LogP contribution in [0.5, 0.6) is 0 Å². The number of ether oxygens (including phenoxy) is 3. The van der Waals surface area contributed by atoms with Crippen molar-refractivity contribution in [3.05, 3.63) is 22.7 Å². The van der Waals surface area contributed by atoms with E-state index in [-0.39, 0.29) is 18.5 Å². The molecule has 3 atom stereocenters. The number of anilines is 1. The minimum absolute atomic E-state index is 0.00542. The van der Waals surface area contributed by atoms with E-state index in [1.54, 1.807) is 0 Å². The van der Waals surface area contributed by atoms with Gasteiger partial charge in [0.15, 0.2) is 6.04 Å². The zero-order valence-corrected chi connectivity index (χ0v) is 18.1. The van der Waals surface area contributed by atoms with Gasteiger partial charge in [-0.15, -0.1) is 0 Å². The summed E-state index contributed by atoms with van der Waals surface area (Å²) in [4.78, 5) is 27.7. The van der Waals surface area contributed by atoms with Crippen LogP contribution in [0.1, 0.15) is 46.6 Å². The van der Waals surface area contributed by atoms with Crippen LogP contribution < -0.4 is 11.4 Å². The Bertz CT molecular complexity index is 763. The molecular formula is C20H32N4O6. The molecule has 10 heteroatoms. The molecule has 0 aliphatic rings. The Morgan fingerprint density at radius 1 is 1.30 bits per heavy atom. The number of methoxy groups -OCH3 is 1. The number of aliphatic hydroxyl groups excluding tert-OH is 1. The molecule has 168 valence electrons. The van der Waals surface area contributed by atoms with Crippen molar-refractivity contribution in [1.29, 1.82) is 5.26 Å². The van der Waals surface area contributed by atoms with Gasteiger partial charge >= 0.3 is 11.8 Å². The molecule has 0 spiro atoms. The molecule has 3 N–H and O–H groups in total. The van der Waals surface area contributed by atoms with E-state index in [4.69, 9.17) is 19.9 Å². The van der Waals surface area contributed by atoms with Crippen molar-refractivity contribution in [2.24, 2.45) is 11.8 Å². The van der Waals surface area contributed by atoms with E-state index >= 15 is 0 Å².